The van der Waals surface area contributed by atoms with Crippen LogP contribution in [0.3, 0.4) is 0 Å². The second-order valence-corrected chi connectivity index (χ2v) is 6.00. The Kier molecular flexibility index (Phi) is 5.27. The fourth-order valence-corrected chi connectivity index (χ4v) is 2.84. The molecule has 0 radical (unpaired) electrons. The number of aliphatic hydroxyl groups is 1. The molecule has 0 aliphatic carbocycles. The van der Waals surface area contributed by atoms with E-state index < -0.39 is 0 Å². The number of benzene rings is 1. The van der Waals surface area contributed by atoms with Gasteiger partial charge in [-0.05, 0) is 30.7 Å². The van der Waals surface area contributed by atoms with Crippen LogP contribution in [0.25, 0.3) is 0 Å². The molecule has 108 valence electrons. The van der Waals surface area contributed by atoms with Crippen molar-refractivity contribution in [3.63, 3.8) is 0 Å². The average molecular weight is 340 g/mol. The molecule has 1 aromatic carbocycles. The summed E-state index contributed by atoms with van der Waals surface area (Å²) in [5, 5.41) is 12.2. The lowest BCUT2D eigenvalue weighted by Gasteiger charge is -2.10. The first-order valence-corrected chi connectivity index (χ1v) is 7.55. The highest BCUT2D eigenvalue weighted by molar-refractivity contribution is 7.14. The van der Waals surface area contributed by atoms with Crippen LogP contribution in [0.1, 0.15) is 20.1 Å². The molecule has 6 heteroatoms. The van der Waals surface area contributed by atoms with Crippen molar-refractivity contribution in [2.45, 2.75) is 6.92 Å². The Morgan fingerprint density at radius 2 is 2.10 bits per heavy atom. The number of aryl methyl sites for hydroxylation is 1. The predicted molar refractivity (Wildman–Crippen MR) is 87.4 cm³/mol. The molecule has 0 aliphatic heterocycles. The third-order valence-electron chi connectivity index (χ3n) is 2.64. The zero-order valence-corrected chi connectivity index (χ0v) is 13.4. The van der Waals surface area contributed by atoms with Gasteiger partial charge in [-0.15, -0.1) is 11.3 Å². The quantitative estimate of drug-likeness (QED) is 0.813. The SMILES string of the molecule is Cc1ccc(Cl)c(NC(=O)c2ccc(C#CCO)s2)c1Cl. The molecule has 0 atom stereocenters. The number of amides is 1. The van der Waals surface area contributed by atoms with E-state index in [0.717, 1.165) is 5.56 Å². The minimum Gasteiger partial charge on any atom is -0.384 e. The zero-order valence-electron chi connectivity index (χ0n) is 11.0. The summed E-state index contributed by atoms with van der Waals surface area (Å²) in [6, 6.07) is 6.86. The average Bonchev–Trinajstić information content (AvgIpc) is 2.94. The third-order valence-corrected chi connectivity index (χ3v) is 4.44. The summed E-state index contributed by atoms with van der Waals surface area (Å²) < 4.78 is 0. The van der Waals surface area contributed by atoms with Gasteiger partial charge in [0.1, 0.15) is 6.61 Å². The molecule has 21 heavy (non-hydrogen) atoms. The van der Waals surface area contributed by atoms with Crippen LogP contribution in [-0.2, 0) is 0 Å². The molecular weight excluding hydrogens is 329 g/mol. The number of carbonyl (C=O) groups excluding carboxylic acids is 1. The van der Waals surface area contributed by atoms with Gasteiger partial charge in [0.25, 0.3) is 5.91 Å². The molecule has 0 spiro atoms. The molecule has 0 saturated carbocycles. The molecule has 2 N–H and O–H groups in total. The van der Waals surface area contributed by atoms with Crippen molar-refractivity contribution in [1.29, 1.82) is 0 Å². The van der Waals surface area contributed by atoms with E-state index in [-0.39, 0.29) is 12.5 Å². The number of thiophene rings is 1. The van der Waals surface area contributed by atoms with Crippen LogP contribution < -0.4 is 5.32 Å². The fourth-order valence-electron chi connectivity index (χ4n) is 1.60. The number of halogens is 2. The van der Waals surface area contributed by atoms with Gasteiger partial charge in [-0.25, -0.2) is 0 Å². The van der Waals surface area contributed by atoms with Crippen LogP contribution in [0.15, 0.2) is 24.3 Å². The van der Waals surface area contributed by atoms with Crippen molar-refractivity contribution in [2.24, 2.45) is 0 Å². The molecule has 1 aromatic heterocycles. The van der Waals surface area contributed by atoms with E-state index in [0.29, 0.717) is 25.5 Å². The van der Waals surface area contributed by atoms with E-state index in [1.807, 2.05) is 6.92 Å². The molecule has 0 fully saturated rings. The number of hydrogen-bond donors (Lipinski definition) is 2. The third kappa shape index (κ3) is 3.78. The zero-order chi connectivity index (χ0) is 15.4. The molecule has 0 bridgehead atoms. The number of rotatable bonds is 2. The van der Waals surface area contributed by atoms with Crippen molar-refractivity contribution in [1.82, 2.24) is 0 Å². The summed E-state index contributed by atoms with van der Waals surface area (Å²) in [7, 11) is 0. The second kappa shape index (κ2) is 6.97. The van der Waals surface area contributed by atoms with E-state index in [4.69, 9.17) is 28.3 Å². The van der Waals surface area contributed by atoms with Crippen molar-refractivity contribution in [3.05, 3.63) is 49.6 Å². The van der Waals surface area contributed by atoms with Crippen molar-refractivity contribution >= 4 is 46.1 Å². The summed E-state index contributed by atoms with van der Waals surface area (Å²) in [5.74, 6) is 4.99. The maximum atomic E-state index is 12.2. The van der Waals surface area contributed by atoms with Gasteiger partial charge in [0.05, 0.1) is 25.5 Å². The normalized spacial score (nSPS) is 9.90. The number of anilines is 1. The first-order chi connectivity index (χ1) is 10.0. The standard InChI is InChI=1S/C15H11Cl2NO2S/c1-9-4-6-11(16)14(13(9)17)18-15(20)12-7-5-10(21-12)3-2-8-19/h4-7,19H,8H2,1H3,(H,18,20). The summed E-state index contributed by atoms with van der Waals surface area (Å²) in [4.78, 5) is 13.4. The van der Waals surface area contributed by atoms with E-state index >= 15 is 0 Å². The largest absolute Gasteiger partial charge is 0.384 e. The summed E-state index contributed by atoms with van der Waals surface area (Å²) >= 11 is 13.5. The highest BCUT2D eigenvalue weighted by Gasteiger charge is 2.14. The Morgan fingerprint density at radius 1 is 1.33 bits per heavy atom. The smallest absolute Gasteiger partial charge is 0.265 e. The minimum atomic E-state index is -0.300. The van der Waals surface area contributed by atoms with E-state index in [1.165, 1.54) is 11.3 Å². The van der Waals surface area contributed by atoms with Crippen LogP contribution in [0, 0.1) is 18.8 Å². The lowest BCUT2D eigenvalue weighted by Crippen LogP contribution is -2.11. The topological polar surface area (TPSA) is 49.3 Å². The van der Waals surface area contributed by atoms with Gasteiger partial charge >= 0.3 is 0 Å². The van der Waals surface area contributed by atoms with Crippen molar-refractivity contribution < 1.29 is 9.90 Å². The van der Waals surface area contributed by atoms with Crippen LogP contribution in [0.2, 0.25) is 10.0 Å². The van der Waals surface area contributed by atoms with Gasteiger partial charge in [-0.1, -0.05) is 41.1 Å². The van der Waals surface area contributed by atoms with Gasteiger partial charge in [-0.3, -0.25) is 4.79 Å². The maximum Gasteiger partial charge on any atom is 0.265 e. The number of carbonyl (C=O) groups is 1. The molecule has 0 unspecified atom stereocenters. The maximum absolute atomic E-state index is 12.2. The number of aliphatic hydroxyl groups excluding tert-OH is 1. The number of hydrogen-bond acceptors (Lipinski definition) is 3. The Bertz CT molecular complexity index is 744. The van der Waals surface area contributed by atoms with Crippen molar-refractivity contribution in [3.8, 4) is 11.8 Å². The highest BCUT2D eigenvalue weighted by atomic mass is 35.5. The number of nitrogens with one attached hydrogen (secondary N) is 1. The Labute approximate surface area is 136 Å². The second-order valence-electron chi connectivity index (χ2n) is 4.13. The predicted octanol–water partition coefficient (Wildman–Crippen LogP) is 3.96. The van der Waals surface area contributed by atoms with Crippen molar-refractivity contribution in [2.75, 3.05) is 11.9 Å². The van der Waals surface area contributed by atoms with Gasteiger partial charge in [0.2, 0.25) is 0 Å². The van der Waals surface area contributed by atoms with E-state index in [1.54, 1.807) is 24.3 Å². The summed E-state index contributed by atoms with van der Waals surface area (Å²) in [5.41, 5.74) is 1.23. The fraction of sp³-hybridized carbons (Fsp3) is 0.133. The van der Waals surface area contributed by atoms with Crippen LogP contribution in [-0.4, -0.2) is 17.6 Å². The van der Waals surface area contributed by atoms with Gasteiger partial charge < -0.3 is 10.4 Å². The van der Waals surface area contributed by atoms with Gasteiger partial charge in [-0.2, -0.15) is 0 Å². The van der Waals surface area contributed by atoms with Gasteiger partial charge in [0.15, 0.2) is 0 Å². The Balaban J connectivity index is 2.22. The molecule has 0 saturated heterocycles. The summed E-state index contributed by atoms with van der Waals surface area (Å²) in [6.07, 6.45) is 0. The molecule has 2 aromatic rings. The first kappa shape index (κ1) is 15.9. The van der Waals surface area contributed by atoms with E-state index in [2.05, 4.69) is 17.2 Å². The lowest BCUT2D eigenvalue weighted by atomic mass is 10.2. The van der Waals surface area contributed by atoms with Crippen LogP contribution in [0.5, 0.6) is 0 Å². The van der Waals surface area contributed by atoms with Crippen LogP contribution in [0.4, 0.5) is 5.69 Å². The van der Waals surface area contributed by atoms with Crippen LogP contribution >= 0.6 is 34.5 Å². The van der Waals surface area contributed by atoms with E-state index in [9.17, 15) is 4.79 Å². The highest BCUT2D eigenvalue weighted by Crippen LogP contribution is 2.33. The Hall–Kier alpha value is -1.51. The molecule has 0 aliphatic rings. The van der Waals surface area contributed by atoms with Gasteiger partial charge in [0, 0.05) is 0 Å². The molecule has 3 nitrogen and oxygen atoms in total. The molecule has 1 heterocycles. The summed E-state index contributed by atoms with van der Waals surface area (Å²) in [6.45, 7) is 1.62. The monoisotopic (exact) mass is 339 g/mol. The first-order valence-electron chi connectivity index (χ1n) is 5.98. The molecule has 1 amide bonds. The Morgan fingerprint density at radius 3 is 2.81 bits per heavy atom. The molecular formula is C15H11Cl2NO2S. The minimum absolute atomic E-state index is 0.214. The molecule has 2 rings (SSSR count). The lowest BCUT2D eigenvalue weighted by molar-refractivity contribution is 0.103.